The van der Waals surface area contributed by atoms with Crippen molar-refractivity contribution < 1.29 is 4.21 Å². The van der Waals surface area contributed by atoms with Crippen LogP contribution >= 0.6 is 21.6 Å². The van der Waals surface area contributed by atoms with Crippen LogP contribution in [-0.4, -0.2) is 15.7 Å². The molecule has 0 amide bonds. The van der Waals surface area contributed by atoms with Gasteiger partial charge in [0.2, 0.25) is 0 Å². The van der Waals surface area contributed by atoms with E-state index in [4.69, 9.17) is 0 Å². The summed E-state index contributed by atoms with van der Waals surface area (Å²) in [4.78, 5) is 0. The molecule has 0 aromatic rings. The molecule has 0 atom stereocenters. The molecule has 0 aliphatic heterocycles. The average Bonchev–Trinajstić information content (AvgIpc) is 1.68. The van der Waals surface area contributed by atoms with Crippen molar-refractivity contribution in [1.29, 1.82) is 0 Å². The van der Waals surface area contributed by atoms with Gasteiger partial charge >= 0.3 is 0 Å². The Labute approximate surface area is 60.3 Å². The first-order valence-corrected chi connectivity index (χ1v) is 6.65. The molecule has 4 heteroatoms. The van der Waals surface area contributed by atoms with Gasteiger partial charge in [-0.15, -0.1) is 0 Å². The highest BCUT2D eigenvalue weighted by atomic mass is 33.5. The summed E-state index contributed by atoms with van der Waals surface area (Å²) in [5.74, 6) is 1.89. The van der Waals surface area contributed by atoms with Crippen molar-refractivity contribution in [2.75, 3.05) is 11.5 Å². The van der Waals surface area contributed by atoms with Crippen LogP contribution in [0.15, 0.2) is 0 Å². The minimum atomic E-state index is -0.687. The van der Waals surface area contributed by atoms with E-state index in [0.29, 0.717) is 0 Å². The lowest BCUT2D eigenvalue weighted by molar-refractivity contribution is 0.699. The van der Waals surface area contributed by atoms with Crippen LogP contribution < -0.4 is 0 Å². The van der Waals surface area contributed by atoms with E-state index in [2.05, 4.69) is 0 Å². The summed E-state index contributed by atoms with van der Waals surface area (Å²) in [7, 11) is 2.30. The third-order valence-electron chi connectivity index (χ3n) is 0.428. The fourth-order valence-electron chi connectivity index (χ4n) is 0.226. The van der Waals surface area contributed by atoms with E-state index < -0.39 is 8.86 Å². The minimum Gasteiger partial charge on any atom is -0.236 e. The van der Waals surface area contributed by atoms with Crippen molar-refractivity contribution >= 4 is 30.5 Å². The maximum Gasteiger partial charge on any atom is 0.141 e. The topological polar surface area (TPSA) is 17.1 Å². The molecule has 0 saturated heterocycles. The Morgan fingerprint density at radius 2 is 1.62 bits per heavy atom. The third kappa shape index (κ3) is 5.00. The van der Waals surface area contributed by atoms with Crippen molar-refractivity contribution in [3.8, 4) is 0 Å². The van der Waals surface area contributed by atoms with E-state index in [9.17, 15) is 4.21 Å². The fourth-order valence-corrected chi connectivity index (χ4v) is 4.38. The zero-order valence-electron chi connectivity index (χ0n) is 5.05. The minimum absolute atomic E-state index is 0.687. The van der Waals surface area contributed by atoms with E-state index in [1.807, 2.05) is 13.8 Å². The first kappa shape index (κ1) is 8.85. The standard InChI is InChI=1S/C4H10OS3/c1-3-6-8(5)7-4-2/h3-4H2,1-2H3. The maximum absolute atomic E-state index is 10.7. The summed E-state index contributed by atoms with van der Waals surface area (Å²) in [6.07, 6.45) is 0. The van der Waals surface area contributed by atoms with Gasteiger partial charge in [-0.25, -0.2) is 4.21 Å². The number of hydrogen-bond donors (Lipinski definition) is 0. The molecule has 0 aromatic carbocycles. The lowest BCUT2D eigenvalue weighted by Gasteiger charge is -1.91. The van der Waals surface area contributed by atoms with Crippen LogP contribution in [0.4, 0.5) is 0 Å². The van der Waals surface area contributed by atoms with Crippen molar-refractivity contribution in [2.24, 2.45) is 0 Å². The monoisotopic (exact) mass is 170 g/mol. The van der Waals surface area contributed by atoms with Gasteiger partial charge in [0, 0.05) is 11.5 Å². The molecule has 0 radical (unpaired) electrons. The molecule has 50 valence electrons. The van der Waals surface area contributed by atoms with Gasteiger partial charge in [-0.3, -0.25) is 0 Å². The van der Waals surface area contributed by atoms with Crippen LogP contribution in [0.25, 0.3) is 0 Å². The van der Waals surface area contributed by atoms with Crippen molar-refractivity contribution in [1.82, 2.24) is 0 Å². The van der Waals surface area contributed by atoms with Gasteiger partial charge in [0.05, 0.1) is 0 Å². The van der Waals surface area contributed by atoms with Crippen molar-refractivity contribution in [3.05, 3.63) is 0 Å². The zero-order valence-corrected chi connectivity index (χ0v) is 7.50. The molecular weight excluding hydrogens is 160 g/mol. The smallest absolute Gasteiger partial charge is 0.141 e. The summed E-state index contributed by atoms with van der Waals surface area (Å²) in [5, 5.41) is 0. The molecule has 0 unspecified atom stereocenters. The van der Waals surface area contributed by atoms with E-state index in [1.54, 1.807) is 0 Å². The second kappa shape index (κ2) is 5.98. The average molecular weight is 170 g/mol. The third-order valence-corrected chi connectivity index (χ3v) is 5.59. The largest absolute Gasteiger partial charge is 0.236 e. The lowest BCUT2D eigenvalue weighted by Crippen LogP contribution is -1.75. The highest BCUT2D eigenvalue weighted by Gasteiger charge is 1.94. The summed E-state index contributed by atoms with van der Waals surface area (Å²) in [6, 6.07) is 0. The fraction of sp³-hybridized carbons (Fsp3) is 1.00. The Balaban J connectivity index is 3.06. The Hall–Kier alpha value is 0.850. The summed E-state index contributed by atoms with van der Waals surface area (Å²) >= 11 is 0. The van der Waals surface area contributed by atoms with Crippen molar-refractivity contribution in [3.63, 3.8) is 0 Å². The Morgan fingerprint density at radius 1 is 1.25 bits per heavy atom. The van der Waals surface area contributed by atoms with Gasteiger partial charge in [-0.2, -0.15) is 0 Å². The van der Waals surface area contributed by atoms with Crippen LogP contribution in [0.3, 0.4) is 0 Å². The molecule has 0 spiro atoms. The number of rotatable bonds is 4. The normalized spacial score (nSPS) is 10.4. The summed E-state index contributed by atoms with van der Waals surface area (Å²) in [5.41, 5.74) is 0. The molecule has 0 aliphatic carbocycles. The first-order valence-electron chi connectivity index (χ1n) is 2.49. The van der Waals surface area contributed by atoms with E-state index in [0.717, 1.165) is 11.5 Å². The zero-order chi connectivity index (χ0) is 6.41. The molecule has 1 nitrogen and oxygen atoms in total. The Morgan fingerprint density at radius 3 is 1.88 bits per heavy atom. The van der Waals surface area contributed by atoms with E-state index in [-0.39, 0.29) is 0 Å². The second-order valence-corrected chi connectivity index (χ2v) is 6.92. The van der Waals surface area contributed by atoms with Crippen LogP contribution in [0.1, 0.15) is 13.8 Å². The van der Waals surface area contributed by atoms with Gasteiger partial charge in [0.25, 0.3) is 0 Å². The van der Waals surface area contributed by atoms with Gasteiger partial charge in [0.15, 0.2) is 0 Å². The van der Waals surface area contributed by atoms with Gasteiger partial charge < -0.3 is 0 Å². The first-order chi connectivity index (χ1) is 3.81. The highest BCUT2D eigenvalue weighted by molar-refractivity contribution is 9.02. The lowest BCUT2D eigenvalue weighted by atomic mass is 11.0. The van der Waals surface area contributed by atoms with E-state index in [1.165, 1.54) is 21.6 Å². The van der Waals surface area contributed by atoms with Crippen LogP contribution in [0.2, 0.25) is 0 Å². The van der Waals surface area contributed by atoms with Gasteiger partial charge in [0.1, 0.15) is 8.86 Å². The Kier molecular flexibility index (Phi) is 6.61. The molecule has 0 aromatic heterocycles. The molecule has 0 rings (SSSR count). The second-order valence-electron chi connectivity index (χ2n) is 1.02. The quantitative estimate of drug-likeness (QED) is 0.601. The predicted octanol–water partition coefficient (Wildman–Crippen LogP) is 2.07. The van der Waals surface area contributed by atoms with Crippen LogP contribution in [-0.2, 0) is 8.86 Å². The Bertz CT molecular complexity index is 65.7. The molecule has 0 saturated carbocycles. The molecule has 0 bridgehead atoms. The van der Waals surface area contributed by atoms with Crippen LogP contribution in [0, 0.1) is 0 Å². The number of hydrogen-bond acceptors (Lipinski definition) is 3. The molecule has 0 fully saturated rings. The molecule has 0 N–H and O–H groups in total. The summed E-state index contributed by atoms with van der Waals surface area (Å²) < 4.78 is 10.7. The molecule has 0 heterocycles. The van der Waals surface area contributed by atoms with Crippen molar-refractivity contribution in [2.45, 2.75) is 13.8 Å². The van der Waals surface area contributed by atoms with E-state index >= 15 is 0 Å². The van der Waals surface area contributed by atoms with Gasteiger partial charge in [-0.05, 0) is 0 Å². The molecular formula is C4H10OS3. The molecule has 0 aliphatic rings. The van der Waals surface area contributed by atoms with Crippen LogP contribution in [0.5, 0.6) is 0 Å². The predicted molar refractivity (Wildman–Crippen MR) is 44.4 cm³/mol. The highest BCUT2D eigenvalue weighted by Crippen LogP contribution is 2.19. The maximum atomic E-state index is 10.7. The molecule has 8 heavy (non-hydrogen) atoms. The summed E-state index contributed by atoms with van der Waals surface area (Å²) in [6.45, 7) is 4.03. The van der Waals surface area contributed by atoms with Gasteiger partial charge in [-0.1, -0.05) is 35.4 Å². The SMILES string of the molecule is CCSS(=O)SCC.